The molecule has 0 radical (unpaired) electrons. The number of amides is 1. The highest BCUT2D eigenvalue weighted by Crippen LogP contribution is 2.27. The van der Waals surface area contributed by atoms with E-state index in [1.807, 2.05) is 18.2 Å². The molecular formula is C19H18ClN3O3. The second kappa shape index (κ2) is 9.35. The van der Waals surface area contributed by atoms with Crippen molar-refractivity contribution >= 4 is 23.2 Å². The number of aromatic hydroxyl groups is 1. The lowest BCUT2D eigenvalue weighted by Gasteiger charge is -2.10. The van der Waals surface area contributed by atoms with Crippen LogP contribution in [0.2, 0.25) is 5.02 Å². The van der Waals surface area contributed by atoms with Gasteiger partial charge in [0, 0.05) is 17.8 Å². The minimum Gasteiger partial charge on any atom is -0.508 e. The van der Waals surface area contributed by atoms with E-state index >= 15 is 0 Å². The van der Waals surface area contributed by atoms with Gasteiger partial charge in [0.25, 0.3) is 5.91 Å². The lowest BCUT2D eigenvalue weighted by atomic mass is 10.1. The Balaban J connectivity index is 1.95. The first-order chi connectivity index (χ1) is 12.5. The van der Waals surface area contributed by atoms with Crippen LogP contribution in [0.5, 0.6) is 11.5 Å². The first-order valence-electron chi connectivity index (χ1n) is 7.80. The van der Waals surface area contributed by atoms with Gasteiger partial charge in [-0.25, -0.2) is 0 Å². The molecule has 6 nitrogen and oxygen atoms in total. The molecule has 2 rings (SSSR count). The van der Waals surface area contributed by atoms with Crippen molar-refractivity contribution in [2.45, 2.75) is 6.42 Å². The van der Waals surface area contributed by atoms with E-state index in [0.29, 0.717) is 29.4 Å². The summed E-state index contributed by atoms with van der Waals surface area (Å²) in [6.45, 7) is 0.531. The molecule has 1 amide bonds. The molecule has 0 aliphatic rings. The summed E-state index contributed by atoms with van der Waals surface area (Å²) in [7, 11) is 1.48. The van der Waals surface area contributed by atoms with Crippen molar-refractivity contribution in [3.05, 3.63) is 64.8 Å². The van der Waals surface area contributed by atoms with Crippen LogP contribution >= 0.6 is 11.6 Å². The zero-order valence-electron chi connectivity index (χ0n) is 14.1. The number of phenols is 1. The summed E-state index contributed by atoms with van der Waals surface area (Å²) in [4.78, 5) is 12.3. The van der Waals surface area contributed by atoms with Crippen LogP contribution in [0.4, 0.5) is 5.69 Å². The highest BCUT2D eigenvalue weighted by molar-refractivity contribution is 6.31. The van der Waals surface area contributed by atoms with Crippen LogP contribution in [0.15, 0.2) is 54.2 Å². The van der Waals surface area contributed by atoms with E-state index in [2.05, 4.69) is 10.6 Å². The van der Waals surface area contributed by atoms with Crippen LogP contribution in [0.3, 0.4) is 0 Å². The molecule has 0 saturated heterocycles. The first-order valence-corrected chi connectivity index (χ1v) is 8.17. The molecule has 2 aromatic carbocycles. The Morgan fingerprint density at radius 2 is 2.04 bits per heavy atom. The minimum absolute atomic E-state index is 0.0715. The molecule has 0 aliphatic heterocycles. The number of benzene rings is 2. The summed E-state index contributed by atoms with van der Waals surface area (Å²) in [5, 5.41) is 24.4. The smallest absolute Gasteiger partial charge is 0.267 e. The molecule has 0 aromatic heterocycles. The van der Waals surface area contributed by atoms with Crippen molar-refractivity contribution in [3.63, 3.8) is 0 Å². The van der Waals surface area contributed by atoms with Gasteiger partial charge >= 0.3 is 0 Å². The number of phenolic OH excluding ortho intramolecular Hbond substituents is 1. The maximum absolute atomic E-state index is 12.3. The average Bonchev–Trinajstić information content (AvgIpc) is 2.63. The van der Waals surface area contributed by atoms with Crippen molar-refractivity contribution < 1.29 is 14.6 Å². The van der Waals surface area contributed by atoms with Gasteiger partial charge < -0.3 is 20.5 Å². The fraction of sp³-hybridized carbons (Fsp3) is 0.158. The molecule has 0 fully saturated rings. The number of rotatable bonds is 7. The van der Waals surface area contributed by atoms with Crippen LogP contribution < -0.4 is 15.4 Å². The molecule has 0 atom stereocenters. The Labute approximate surface area is 156 Å². The second-order valence-electron chi connectivity index (χ2n) is 5.34. The number of carbonyl (C=O) groups excluding carboxylic acids is 1. The Bertz CT molecular complexity index is 842. The number of hydrogen-bond donors (Lipinski definition) is 3. The van der Waals surface area contributed by atoms with Gasteiger partial charge in [-0.2, -0.15) is 5.26 Å². The molecule has 0 unspecified atom stereocenters. The van der Waals surface area contributed by atoms with Gasteiger partial charge in [-0.15, -0.1) is 0 Å². The van der Waals surface area contributed by atoms with E-state index in [0.717, 1.165) is 5.56 Å². The van der Waals surface area contributed by atoms with E-state index in [1.54, 1.807) is 30.3 Å². The summed E-state index contributed by atoms with van der Waals surface area (Å²) in [6, 6.07) is 13.5. The summed E-state index contributed by atoms with van der Waals surface area (Å²) in [6.07, 6.45) is 2.05. The van der Waals surface area contributed by atoms with Gasteiger partial charge in [0.1, 0.15) is 23.1 Å². The number of methoxy groups -OCH3 is 1. The molecule has 0 spiro atoms. The molecule has 0 bridgehead atoms. The Morgan fingerprint density at radius 1 is 1.31 bits per heavy atom. The summed E-state index contributed by atoms with van der Waals surface area (Å²) in [5.41, 5.74) is 1.34. The van der Waals surface area contributed by atoms with Gasteiger partial charge in [-0.3, -0.25) is 4.79 Å². The van der Waals surface area contributed by atoms with Crippen LogP contribution in [0.25, 0.3) is 0 Å². The maximum Gasteiger partial charge on any atom is 0.267 e. The van der Waals surface area contributed by atoms with E-state index in [4.69, 9.17) is 16.3 Å². The number of nitriles is 1. The quantitative estimate of drug-likeness (QED) is 0.394. The van der Waals surface area contributed by atoms with Gasteiger partial charge in [0.15, 0.2) is 0 Å². The molecule has 26 heavy (non-hydrogen) atoms. The first kappa shape index (κ1) is 19.2. The fourth-order valence-electron chi connectivity index (χ4n) is 2.17. The van der Waals surface area contributed by atoms with Crippen LogP contribution in [-0.2, 0) is 11.2 Å². The van der Waals surface area contributed by atoms with E-state index in [9.17, 15) is 15.2 Å². The predicted molar refractivity (Wildman–Crippen MR) is 100 cm³/mol. The molecule has 2 aromatic rings. The predicted octanol–water partition coefficient (Wildman–Crippen LogP) is 3.23. The Hall–Kier alpha value is -3.17. The van der Waals surface area contributed by atoms with Crippen molar-refractivity contribution in [1.82, 2.24) is 5.32 Å². The topological polar surface area (TPSA) is 94.4 Å². The van der Waals surface area contributed by atoms with Crippen LogP contribution in [0, 0.1) is 11.3 Å². The lowest BCUT2D eigenvalue weighted by Crippen LogP contribution is -2.18. The van der Waals surface area contributed by atoms with E-state index in [-0.39, 0.29) is 11.3 Å². The molecule has 0 saturated carbocycles. The number of halogens is 1. The number of anilines is 1. The van der Waals surface area contributed by atoms with Crippen molar-refractivity contribution in [2.24, 2.45) is 0 Å². The molecule has 7 heteroatoms. The average molecular weight is 372 g/mol. The SMILES string of the molecule is COc1ccc(Cl)cc1NC(=O)/C(C#N)=C\NCCc1ccc(O)cc1. The third-order valence-corrected chi connectivity index (χ3v) is 3.75. The molecule has 0 aliphatic carbocycles. The summed E-state index contributed by atoms with van der Waals surface area (Å²) in [5.74, 6) is 0.0898. The second-order valence-corrected chi connectivity index (χ2v) is 5.78. The van der Waals surface area contributed by atoms with E-state index in [1.165, 1.54) is 13.3 Å². The summed E-state index contributed by atoms with van der Waals surface area (Å²) >= 11 is 5.93. The highest BCUT2D eigenvalue weighted by Gasteiger charge is 2.12. The highest BCUT2D eigenvalue weighted by atomic mass is 35.5. The van der Waals surface area contributed by atoms with Gasteiger partial charge in [-0.05, 0) is 42.3 Å². The van der Waals surface area contributed by atoms with Crippen molar-refractivity contribution in [1.29, 1.82) is 5.26 Å². The molecular weight excluding hydrogens is 354 g/mol. The zero-order chi connectivity index (χ0) is 18.9. The number of hydrogen-bond acceptors (Lipinski definition) is 5. The Kier molecular flexibility index (Phi) is 6.89. The standard InChI is InChI=1S/C19H18ClN3O3/c1-26-18-7-4-15(20)10-17(18)23-19(25)14(11-21)12-22-9-8-13-2-5-16(24)6-3-13/h2-7,10,12,22,24H,8-9H2,1H3,(H,23,25)/b14-12-. The van der Waals surface area contributed by atoms with Crippen LogP contribution in [-0.4, -0.2) is 24.7 Å². The van der Waals surface area contributed by atoms with E-state index < -0.39 is 5.91 Å². The van der Waals surface area contributed by atoms with Crippen molar-refractivity contribution in [2.75, 3.05) is 19.0 Å². The maximum atomic E-state index is 12.3. The Morgan fingerprint density at radius 3 is 2.69 bits per heavy atom. The third-order valence-electron chi connectivity index (χ3n) is 3.52. The van der Waals surface area contributed by atoms with Gasteiger partial charge in [-0.1, -0.05) is 23.7 Å². The largest absolute Gasteiger partial charge is 0.508 e. The number of ether oxygens (including phenoxy) is 1. The van der Waals surface area contributed by atoms with Gasteiger partial charge in [0.05, 0.1) is 12.8 Å². The number of carbonyl (C=O) groups is 1. The molecule has 0 heterocycles. The zero-order valence-corrected chi connectivity index (χ0v) is 14.9. The normalized spacial score (nSPS) is 10.7. The summed E-state index contributed by atoms with van der Waals surface area (Å²) < 4.78 is 5.16. The molecule has 3 N–H and O–H groups in total. The minimum atomic E-state index is -0.565. The van der Waals surface area contributed by atoms with Crippen molar-refractivity contribution in [3.8, 4) is 17.6 Å². The monoisotopic (exact) mass is 371 g/mol. The lowest BCUT2D eigenvalue weighted by molar-refractivity contribution is -0.112. The van der Waals surface area contributed by atoms with Crippen LogP contribution in [0.1, 0.15) is 5.56 Å². The molecule has 134 valence electrons. The van der Waals surface area contributed by atoms with Gasteiger partial charge in [0.2, 0.25) is 0 Å². The number of nitrogens with zero attached hydrogens (tertiary/aromatic N) is 1. The third kappa shape index (κ3) is 5.43. The number of nitrogens with one attached hydrogen (secondary N) is 2. The fourth-order valence-corrected chi connectivity index (χ4v) is 2.34.